The first-order chi connectivity index (χ1) is 33.0. The van der Waals surface area contributed by atoms with Crippen LogP contribution in [0, 0.1) is 6.33 Å². The number of imidazole rings is 1. The quantitative estimate of drug-likeness (QED) is 0.109. The molecule has 0 N–H and O–H groups in total. The van der Waals surface area contributed by atoms with E-state index in [0.29, 0.717) is 23.0 Å². The molecule has 0 saturated heterocycles. The van der Waals surface area contributed by atoms with Gasteiger partial charge in [0.15, 0.2) is 0 Å². The van der Waals surface area contributed by atoms with E-state index >= 15 is 0 Å². The first-order valence-electron chi connectivity index (χ1n) is 24.2. The lowest BCUT2D eigenvalue weighted by atomic mass is 9.96. The van der Waals surface area contributed by atoms with Gasteiger partial charge in [0.25, 0.3) is 6.33 Å². The smallest absolute Gasteiger partial charge is 0.268 e. The van der Waals surface area contributed by atoms with Crippen LogP contribution in [0.25, 0.3) is 72.4 Å². The molecule has 0 aliphatic heterocycles. The van der Waals surface area contributed by atoms with Gasteiger partial charge in [0, 0.05) is 36.8 Å². The van der Waals surface area contributed by atoms with Crippen molar-refractivity contribution in [2.24, 2.45) is 0 Å². The highest BCUT2D eigenvalue weighted by atomic mass is 16.5. The first kappa shape index (κ1) is 24.9. The second-order valence-electron chi connectivity index (χ2n) is 14.0. The van der Waals surface area contributed by atoms with Crippen molar-refractivity contribution in [1.82, 2.24) is 14.1 Å². The number of ether oxygens (including phenoxy) is 1. The second-order valence-corrected chi connectivity index (χ2v) is 14.0. The van der Waals surface area contributed by atoms with Gasteiger partial charge in [-0.15, -0.1) is 0 Å². The number of nitrogens with zero attached hydrogens (tertiary/aromatic N) is 4. The number of pyridine rings is 1. The fourth-order valence-electron chi connectivity index (χ4n) is 7.37. The van der Waals surface area contributed by atoms with Crippen molar-refractivity contribution in [3.63, 3.8) is 0 Å². The number of rotatable bonds is 9. The Morgan fingerprint density at radius 3 is 2.10 bits per heavy atom. The average Bonchev–Trinajstić information content (AvgIpc) is 3.97. The fourth-order valence-corrected chi connectivity index (χ4v) is 7.37. The van der Waals surface area contributed by atoms with Gasteiger partial charge < -0.3 is 4.74 Å². The monoisotopic (exact) mass is 759 g/mol. The highest BCUT2D eigenvalue weighted by Gasteiger charge is 2.18. The third kappa shape index (κ3) is 6.53. The molecule has 0 amide bonds. The number of hydrogen-bond donors (Lipinski definition) is 0. The molecule has 5 heteroatoms. The van der Waals surface area contributed by atoms with Crippen LogP contribution in [0.3, 0.4) is 0 Å². The zero-order valence-corrected chi connectivity index (χ0v) is 31.5. The molecule has 0 aliphatic carbocycles. The molecule has 10 aromatic rings. The zero-order valence-electron chi connectivity index (χ0n) is 42.5. The Morgan fingerprint density at radius 1 is 0.638 bits per heavy atom. The molecule has 7 aromatic carbocycles. The van der Waals surface area contributed by atoms with Crippen molar-refractivity contribution in [2.75, 3.05) is 0 Å². The van der Waals surface area contributed by atoms with Gasteiger partial charge >= 0.3 is 0 Å². The number of fused-ring (bicyclic) bond motifs is 3. The van der Waals surface area contributed by atoms with Crippen molar-refractivity contribution < 1.29 is 24.4 Å². The van der Waals surface area contributed by atoms with E-state index in [0.717, 1.165) is 38.5 Å². The van der Waals surface area contributed by atoms with Crippen molar-refractivity contribution in [1.29, 1.82) is 0 Å². The summed E-state index contributed by atoms with van der Waals surface area (Å²) >= 11 is 0. The summed E-state index contributed by atoms with van der Waals surface area (Å²) in [6.07, 6.45) is 8.31. The largest absolute Gasteiger partial charge is 0.458 e. The maximum Gasteiger partial charge on any atom is 0.268 e. The summed E-state index contributed by atoms with van der Waals surface area (Å²) in [7, 11) is 0. The van der Waals surface area contributed by atoms with Gasteiger partial charge in [0.05, 0.1) is 36.1 Å². The van der Waals surface area contributed by atoms with Crippen LogP contribution < -0.4 is 9.30 Å². The summed E-state index contributed by atoms with van der Waals surface area (Å²) in [6.45, 7) is 3.70. The van der Waals surface area contributed by atoms with Crippen LogP contribution >= 0.6 is 0 Å². The minimum atomic E-state index is -0.854. The highest BCUT2D eigenvalue weighted by Crippen LogP contribution is 2.38. The lowest BCUT2D eigenvalue weighted by molar-refractivity contribution is -0.598. The summed E-state index contributed by atoms with van der Waals surface area (Å²) in [5.74, 6) is 0.850. The third-order valence-corrected chi connectivity index (χ3v) is 10.1. The van der Waals surface area contributed by atoms with Gasteiger partial charge in [0.1, 0.15) is 17.3 Å². The lowest BCUT2D eigenvalue weighted by Crippen LogP contribution is -2.30. The Labute approximate surface area is 353 Å². The van der Waals surface area contributed by atoms with Gasteiger partial charge in [-0.05, 0) is 99.4 Å². The van der Waals surface area contributed by atoms with Crippen LogP contribution in [0.4, 0.5) is 0 Å². The van der Waals surface area contributed by atoms with Crippen LogP contribution in [0.1, 0.15) is 40.4 Å². The fraction of sp³-hybridized carbons (Fsp3) is 0.0566. The number of para-hydroxylation sites is 1. The first-order valence-corrected chi connectivity index (χ1v) is 18.7. The number of aromatic nitrogens is 4. The van der Waals surface area contributed by atoms with Crippen LogP contribution in [0.5, 0.6) is 11.5 Å². The second kappa shape index (κ2) is 14.9. The van der Waals surface area contributed by atoms with Gasteiger partial charge in [-0.25, -0.2) is 4.98 Å². The minimum absolute atomic E-state index is 0.134. The standard InChI is InChI=1S/C53H40N4O/c1-37(2)41-28-29-54-52(33-41)57-50-27-24-42(38-14-6-3-7-15-38)32-49(50)48-26-25-45(35-51(48)57)58-44-21-12-20-43(34-44)55-30-31-56(36-55)53-46(39-16-8-4-9-17-39)22-13-23-47(53)40-18-10-5-11-19-40/h3-35,37H,1-2H3/i4D,5D,8D,9D,10D,11D,16D,17D,18D,19D,37D. The molecular formula is C53H40N4O. The van der Waals surface area contributed by atoms with Crippen molar-refractivity contribution >= 4 is 21.8 Å². The molecule has 3 heterocycles. The maximum absolute atomic E-state index is 8.86. The van der Waals surface area contributed by atoms with E-state index in [1.165, 1.54) is 4.57 Å². The molecule has 0 bridgehead atoms. The molecule has 3 aromatic heterocycles. The summed E-state index contributed by atoms with van der Waals surface area (Å²) in [5.41, 5.74) is 5.59. The summed E-state index contributed by atoms with van der Waals surface area (Å²) < 4.78 is 106. The van der Waals surface area contributed by atoms with Gasteiger partial charge in [-0.2, -0.15) is 0 Å². The van der Waals surface area contributed by atoms with Crippen LogP contribution in [-0.4, -0.2) is 14.1 Å². The van der Waals surface area contributed by atoms with Crippen LogP contribution in [-0.2, 0) is 0 Å². The Bertz CT molecular complexity index is 3570. The van der Waals surface area contributed by atoms with Gasteiger partial charge in [0.2, 0.25) is 0 Å². The molecule has 0 saturated carbocycles. The van der Waals surface area contributed by atoms with Gasteiger partial charge in [-0.1, -0.05) is 135 Å². The van der Waals surface area contributed by atoms with Crippen molar-refractivity contribution in [3.8, 4) is 62.1 Å². The topological polar surface area (TPSA) is 35.9 Å². The molecule has 10 rings (SSSR count). The molecule has 0 atom stereocenters. The van der Waals surface area contributed by atoms with E-state index in [-0.39, 0.29) is 27.9 Å². The normalized spacial score (nSPS) is 14.3. The van der Waals surface area contributed by atoms with E-state index in [2.05, 4.69) is 41.2 Å². The molecule has 0 aliphatic rings. The molecular weight excluding hydrogens is 709 g/mol. The van der Waals surface area contributed by atoms with E-state index < -0.39 is 66.3 Å². The number of benzene rings is 7. The minimum Gasteiger partial charge on any atom is -0.458 e. The Morgan fingerprint density at radius 2 is 1.36 bits per heavy atom. The average molecular weight is 760 g/mol. The van der Waals surface area contributed by atoms with E-state index in [9.17, 15) is 0 Å². The number of hydrogen-bond acceptors (Lipinski definition) is 2. The maximum atomic E-state index is 8.86. The molecule has 0 unspecified atom stereocenters. The van der Waals surface area contributed by atoms with Crippen molar-refractivity contribution in [3.05, 3.63) is 212 Å². The SMILES string of the molecule is [2H]c1c([2H])c([2H])c(-c2cccc(-c3c([2H])c([2H])c([2H])c([2H])c3[2H])c2-[n+]2[c-]n(-c3cccc(Oc4ccc5c6cc(-c7ccccc7)ccc6n(-c6cc(C([2H])(C)C)ccn6)c5c4)c3)cc2)c([2H])c1[2H]. The van der Waals surface area contributed by atoms with Gasteiger partial charge in [-0.3, -0.25) is 13.7 Å². The van der Waals surface area contributed by atoms with E-state index in [4.69, 9.17) is 24.8 Å². The van der Waals surface area contributed by atoms with E-state index in [1.807, 2.05) is 86.6 Å². The molecule has 5 nitrogen and oxygen atoms in total. The summed E-state index contributed by atoms with van der Waals surface area (Å²) in [4.78, 5) is 4.79. The summed E-state index contributed by atoms with van der Waals surface area (Å²) in [5, 5.41) is 2.01. The van der Waals surface area contributed by atoms with E-state index in [1.54, 1.807) is 41.4 Å². The third-order valence-electron chi connectivity index (χ3n) is 10.1. The predicted octanol–water partition coefficient (Wildman–Crippen LogP) is 13.0. The lowest BCUT2D eigenvalue weighted by Gasteiger charge is -2.16. The zero-order chi connectivity index (χ0) is 48.6. The molecule has 278 valence electrons. The Kier molecular flexibility index (Phi) is 6.38. The molecule has 0 fully saturated rings. The Balaban J connectivity index is 1.08. The molecule has 0 spiro atoms. The predicted molar refractivity (Wildman–Crippen MR) is 235 cm³/mol. The highest BCUT2D eigenvalue weighted by molar-refractivity contribution is 6.10. The summed E-state index contributed by atoms with van der Waals surface area (Å²) in [6, 6.07) is 33.0. The molecule has 0 radical (unpaired) electrons. The van der Waals surface area contributed by atoms with Crippen molar-refractivity contribution in [2.45, 2.75) is 19.7 Å². The van der Waals surface area contributed by atoms with Crippen LogP contribution in [0.2, 0.25) is 0 Å². The van der Waals surface area contributed by atoms with Crippen LogP contribution in [0.15, 0.2) is 200 Å². The molecule has 58 heavy (non-hydrogen) atoms. The Hall–Kier alpha value is -7.50.